The first-order valence-electron chi connectivity index (χ1n) is 17.1. The Labute approximate surface area is 316 Å². The lowest BCUT2D eigenvalue weighted by molar-refractivity contribution is -0.140. The average Bonchev–Trinajstić information content (AvgIpc) is 3.80. The molecule has 5 N–H and O–H groups in total. The van der Waals surface area contributed by atoms with Crippen LogP contribution in [0.4, 0.5) is 0 Å². The van der Waals surface area contributed by atoms with E-state index in [1.54, 1.807) is 27.7 Å². The van der Waals surface area contributed by atoms with Crippen molar-refractivity contribution >= 4 is 68.0 Å². The van der Waals surface area contributed by atoms with E-state index in [9.17, 15) is 37.2 Å². The Morgan fingerprint density at radius 1 is 0.833 bits per heavy atom. The van der Waals surface area contributed by atoms with Gasteiger partial charge in [0.2, 0.25) is 23.5 Å². The molecule has 1 aromatic heterocycles. The molecular formula is C37H39ClN6O9S. The Morgan fingerprint density at radius 3 is 2.02 bits per heavy atom. The number of carbonyl (C=O) groups is 6. The summed E-state index contributed by atoms with van der Waals surface area (Å²) in [5, 5.41) is 5.83. The number of hydrogen-bond donors (Lipinski definition) is 4. The van der Waals surface area contributed by atoms with E-state index in [4.69, 9.17) is 21.8 Å². The lowest BCUT2D eigenvalue weighted by atomic mass is 9.98. The maximum absolute atomic E-state index is 13.9. The van der Waals surface area contributed by atoms with Crippen LogP contribution < -0.4 is 21.1 Å². The number of rotatable bonds is 13. The number of likely N-dealkylation sites (tertiary alicyclic amines) is 1. The number of ketones is 1. The number of Topliss-reactive ketones (excluding diaryl/α,β-unsaturated/α-hetero) is 1. The highest BCUT2D eigenvalue weighted by Gasteiger charge is 2.40. The summed E-state index contributed by atoms with van der Waals surface area (Å²) in [6.07, 6.45) is 0.832. The second kappa shape index (κ2) is 16.2. The van der Waals surface area contributed by atoms with Gasteiger partial charge in [-0.2, -0.15) is 0 Å². The van der Waals surface area contributed by atoms with E-state index in [0.717, 1.165) is 0 Å². The molecule has 15 nitrogen and oxygen atoms in total. The number of nitrogens with two attached hydrogens (primary N) is 1. The number of benzene rings is 3. The molecule has 1 fully saturated rings. The number of nitrogens with one attached hydrogen (secondary N) is 3. The molecule has 3 atom stereocenters. The van der Waals surface area contributed by atoms with Crippen molar-refractivity contribution in [1.82, 2.24) is 25.2 Å². The second-order valence-electron chi connectivity index (χ2n) is 13.5. The van der Waals surface area contributed by atoms with E-state index < -0.39 is 75.3 Å². The van der Waals surface area contributed by atoms with Gasteiger partial charge in [0.15, 0.2) is 5.58 Å². The minimum atomic E-state index is -4.19. The van der Waals surface area contributed by atoms with E-state index >= 15 is 0 Å². The van der Waals surface area contributed by atoms with E-state index in [1.807, 2.05) is 4.72 Å². The van der Waals surface area contributed by atoms with Crippen molar-refractivity contribution in [2.24, 2.45) is 17.6 Å². The molecule has 0 spiro atoms. The SMILES string of the molecule is CC(C)C(NC(=O)[C@@H]1CCCN1C(=O)[C@@H](NC(=O)c1ccc(C(=O)NS(=O)(=O)c2ccc(Cl)cc2)cc1)C(C)C)C(=O)c1nc2cc(C(N)=O)ccc2o1. The molecule has 0 radical (unpaired) electrons. The number of sulfonamides is 1. The van der Waals surface area contributed by atoms with Gasteiger partial charge in [-0.1, -0.05) is 39.3 Å². The summed E-state index contributed by atoms with van der Waals surface area (Å²) in [7, 11) is -4.19. The average molecular weight is 779 g/mol. The van der Waals surface area contributed by atoms with Crippen molar-refractivity contribution in [2.45, 2.75) is 63.6 Å². The molecule has 2 heterocycles. The summed E-state index contributed by atoms with van der Waals surface area (Å²) in [5.74, 6) is -4.90. The molecule has 5 rings (SSSR count). The lowest BCUT2D eigenvalue weighted by Gasteiger charge is -2.31. The minimum Gasteiger partial charge on any atom is -0.434 e. The summed E-state index contributed by atoms with van der Waals surface area (Å²) < 4.78 is 32.8. The largest absolute Gasteiger partial charge is 0.434 e. The molecule has 284 valence electrons. The predicted octanol–water partition coefficient (Wildman–Crippen LogP) is 3.47. The summed E-state index contributed by atoms with van der Waals surface area (Å²) in [6.45, 7) is 7.19. The lowest BCUT2D eigenvalue weighted by Crippen LogP contribution is -2.57. The predicted molar refractivity (Wildman–Crippen MR) is 197 cm³/mol. The monoisotopic (exact) mass is 778 g/mol. The standard InChI is InChI=1S/C37H39ClN6O9S/c1-19(2)29(31(45)36-40-26-18-23(32(39)46)11-16-28(26)53-36)41-35(49)27-6-5-17-44(27)37(50)30(20(3)4)42-33(47)21-7-9-22(10-8-21)34(48)43-54(51,52)25-14-12-24(38)13-15-25/h7-16,18-20,27,29-30H,5-6,17H2,1-4H3,(H2,39,46)(H,41,49)(H,42,47)(H,43,48)/t27-,29?,30-/m0/s1. The molecule has 0 bridgehead atoms. The zero-order chi connectivity index (χ0) is 39.5. The fraction of sp³-hybridized carbons (Fsp3) is 0.324. The first-order chi connectivity index (χ1) is 25.5. The third-order valence-corrected chi connectivity index (χ3v) is 10.5. The first-order valence-corrected chi connectivity index (χ1v) is 18.9. The molecule has 1 aliphatic rings. The van der Waals surface area contributed by atoms with Crippen LogP contribution in [-0.2, 0) is 19.6 Å². The molecular weight excluding hydrogens is 740 g/mol. The van der Waals surface area contributed by atoms with Crippen LogP contribution in [0.15, 0.2) is 76.0 Å². The van der Waals surface area contributed by atoms with Crippen LogP contribution in [0.25, 0.3) is 11.1 Å². The first kappa shape index (κ1) is 39.6. The number of hydrogen-bond acceptors (Lipinski definition) is 10. The Hall–Kier alpha value is -5.61. The highest BCUT2D eigenvalue weighted by molar-refractivity contribution is 7.90. The Kier molecular flexibility index (Phi) is 11.9. The highest BCUT2D eigenvalue weighted by Crippen LogP contribution is 2.24. The normalized spacial score (nSPS) is 15.5. The number of oxazole rings is 1. The van der Waals surface area contributed by atoms with Crippen LogP contribution in [0.2, 0.25) is 5.02 Å². The quantitative estimate of drug-likeness (QED) is 0.145. The fourth-order valence-corrected chi connectivity index (χ4v) is 7.05. The van der Waals surface area contributed by atoms with E-state index in [1.165, 1.54) is 71.6 Å². The fourth-order valence-electron chi connectivity index (χ4n) is 5.95. The molecule has 3 aromatic carbocycles. The number of aromatic nitrogens is 1. The summed E-state index contributed by atoms with van der Waals surface area (Å²) in [6, 6.07) is 11.8. The van der Waals surface area contributed by atoms with Gasteiger partial charge in [-0.15, -0.1) is 0 Å². The van der Waals surface area contributed by atoms with E-state index in [0.29, 0.717) is 17.9 Å². The topological polar surface area (TPSA) is 228 Å². The van der Waals surface area contributed by atoms with Gasteiger partial charge in [0.05, 0.1) is 10.9 Å². The molecule has 54 heavy (non-hydrogen) atoms. The second-order valence-corrected chi connectivity index (χ2v) is 15.6. The van der Waals surface area contributed by atoms with Gasteiger partial charge in [-0.3, -0.25) is 28.8 Å². The van der Waals surface area contributed by atoms with Gasteiger partial charge in [0.25, 0.3) is 27.7 Å². The number of fused-ring (bicyclic) bond motifs is 1. The van der Waals surface area contributed by atoms with E-state index in [-0.39, 0.29) is 45.1 Å². The van der Waals surface area contributed by atoms with Crippen LogP contribution in [0.5, 0.6) is 0 Å². The van der Waals surface area contributed by atoms with Gasteiger partial charge in [-0.25, -0.2) is 18.1 Å². The maximum Gasteiger partial charge on any atom is 0.266 e. The number of amides is 5. The summed E-state index contributed by atoms with van der Waals surface area (Å²) in [5.41, 5.74) is 6.12. The summed E-state index contributed by atoms with van der Waals surface area (Å²) >= 11 is 5.82. The van der Waals surface area contributed by atoms with Crippen molar-refractivity contribution in [2.75, 3.05) is 6.54 Å². The van der Waals surface area contributed by atoms with Gasteiger partial charge in [0.1, 0.15) is 17.6 Å². The zero-order valence-electron chi connectivity index (χ0n) is 29.8. The van der Waals surface area contributed by atoms with Gasteiger partial charge in [-0.05, 0) is 91.4 Å². The zero-order valence-corrected chi connectivity index (χ0v) is 31.4. The van der Waals surface area contributed by atoms with Crippen molar-refractivity contribution in [3.63, 3.8) is 0 Å². The molecule has 5 amide bonds. The summed E-state index contributed by atoms with van der Waals surface area (Å²) in [4.78, 5) is 84.2. The van der Waals surface area contributed by atoms with Crippen molar-refractivity contribution in [3.8, 4) is 0 Å². The van der Waals surface area contributed by atoms with Crippen molar-refractivity contribution in [3.05, 3.63) is 94.3 Å². The molecule has 1 saturated heterocycles. The maximum atomic E-state index is 13.9. The Balaban J connectivity index is 1.24. The Morgan fingerprint density at radius 2 is 1.43 bits per heavy atom. The van der Waals surface area contributed by atoms with Crippen LogP contribution in [-0.4, -0.2) is 78.3 Å². The minimum absolute atomic E-state index is 0.0296. The third-order valence-electron chi connectivity index (χ3n) is 8.95. The number of primary amides is 1. The van der Waals surface area contributed by atoms with Crippen LogP contribution in [0.1, 0.15) is 82.3 Å². The molecule has 0 aliphatic carbocycles. The molecule has 1 unspecified atom stereocenters. The van der Waals surface area contributed by atoms with Crippen molar-refractivity contribution < 1.29 is 41.6 Å². The third kappa shape index (κ3) is 8.77. The highest BCUT2D eigenvalue weighted by atomic mass is 35.5. The number of halogens is 1. The van der Waals surface area contributed by atoms with Crippen LogP contribution in [0.3, 0.4) is 0 Å². The number of nitrogens with zero attached hydrogens (tertiary/aromatic N) is 2. The van der Waals surface area contributed by atoms with E-state index in [2.05, 4.69) is 15.6 Å². The number of carbonyl (C=O) groups excluding carboxylic acids is 6. The molecule has 4 aromatic rings. The van der Waals surface area contributed by atoms with Crippen LogP contribution in [0, 0.1) is 11.8 Å². The van der Waals surface area contributed by atoms with Gasteiger partial charge in [0, 0.05) is 28.3 Å². The smallest absolute Gasteiger partial charge is 0.266 e. The Bertz CT molecular complexity index is 2220. The van der Waals surface area contributed by atoms with Crippen molar-refractivity contribution in [1.29, 1.82) is 0 Å². The molecule has 17 heteroatoms. The molecule has 0 saturated carbocycles. The van der Waals surface area contributed by atoms with Gasteiger partial charge >= 0.3 is 0 Å². The van der Waals surface area contributed by atoms with Gasteiger partial charge < -0.3 is 25.7 Å². The van der Waals surface area contributed by atoms with Crippen LogP contribution >= 0.6 is 11.6 Å². The molecule has 1 aliphatic heterocycles.